The van der Waals surface area contributed by atoms with E-state index in [1.54, 1.807) is 0 Å². The van der Waals surface area contributed by atoms with Gasteiger partial charge in [0.05, 0.1) is 6.04 Å². The molecule has 0 amide bonds. The summed E-state index contributed by atoms with van der Waals surface area (Å²) >= 11 is 9.72. The Kier molecular flexibility index (Phi) is 4.34. The summed E-state index contributed by atoms with van der Waals surface area (Å²) in [5.74, 6) is 0. The predicted molar refractivity (Wildman–Crippen MR) is 85.8 cm³/mol. The molecule has 0 aliphatic rings. The van der Waals surface area contributed by atoms with Gasteiger partial charge in [0.15, 0.2) is 0 Å². The molecule has 3 heteroatoms. The summed E-state index contributed by atoms with van der Waals surface area (Å²) in [5.41, 5.74) is 12.2. The van der Waals surface area contributed by atoms with Gasteiger partial charge in [0, 0.05) is 9.50 Å². The largest absolute Gasteiger partial charge is 0.320 e. The Morgan fingerprint density at radius 1 is 1.05 bits per heavy atom. The average Bonchev–Trinajstić information content (AvgIpc) is 2.26. The van der Waals surface area contributed by atoms with Crippen LogP contribution in [0.4, 0.5) is 0 Å². The van der Waals surface area contributed by atoms with E-state index in [0.29, 0.717) is 5.02 Å². The number of benzene rings is 2. The minimum atomic E-state index is -0.193. The van der Waals surface area contributed by atoms with E-state index in [1.807, 2.05) is 18.2 Å². The van der Waals surface area contributed by atoms with E-state index in [1.165, 1.54) is 16.7 Å². The fourth-order valence-corrected chi connectivity index (χ4v) is 3.38. The molecule has 1 nitrogen and oxygen atoms in total. The molecule has 0 aliphatic carbocycles. The first kappa shape index (κ1) is 14.6. The molecule has 1 unspecified atom stereocenters. The van der Waals surface area contributed by atoms with Crippen molar-refractivity contribution < 1.29 is 0 Å². The molecule has 0 fully saturated rings. The summed E-state index contributed by atoms with van der Waals surface area (Å²) in [4.78, 5) is 0. The molecule has 0 aliphatic heterocycles. The maximum atomic E-state index is 6.42. The zero-order valence-electron chi connectivity index (χ0n) is 11.3. The average molecular weight is 339 g/mol. The van der Waals surface area contributed by atoms with Crippen LogP contribution >= 0.6 is 27.5 Å². The fraction of sp³-hybridized carbons (Fsp3) is 0.250. The monoisotopic (exact) mass is 337 g/mol. The third-order valence-electron chi connectivity index (χ3n) is 3.35. The molecule has 0 spiro atoms. The maximum Gasteiger partial charge on any atom is 0.0571 e. The molecule has 0 saturated heterocycles. The second-order valence-corrected chi connectivity index (χ2v) is 6.28. The lowest BCUT2D eigenvalue weighted by molar-refractivity contribution is 0.850. The van der Waals surface area contributed by atoms with E-state index in [9.17, 15) is 0 Å². The van der Waals surface area contributed by atoms with Gasteiger partial charge < -0.3 is 5.73 Å². The number of rotatable bonds is 2. The molecule has 19 heavy (non-hydrogen) atoms. The van der Waals surface area contributed by atoms with Gasteiger partial charge in [-0.15, -0.1) is 0 Å². The summed E-state index contributed by atoms with van der Waals surface area (Å²) in [6.45, 7) is 6.30. The Hall–Kier alpha value is -0.830. The number of halogens is 2. The Labute approximate surface area is 127 Å². The SMILES string of the molecule is Cc1cc(C)c(C(N)c2ccc(Br)cc2Cl)c(C)c1. The summed E-state index contributed by atoms with van der Waals surface area (Å²) in [6, 6.07) is 9.97. The third-order valence-corrected chi connectivity index (χ3v) is 4.17. The van der Waals surface area contributed by atoms with Crippen molar-refractivity contribution in [2.75, 3.05) is 0 Å². The molecule has 0 bridgehead atoms. The number of aryl methyl sites for hydroxylation is 3. The Morgan fingerprint density at radius 3 is 2.16 bits per heavy atom. The topological polar surface area (TPSA) is 26.0 Å². The van der Waals surface area contributed by atoms with E-state index in [-0.39, 0.29) is 6.04 Å². The van der Waals surface area contributed by atoms with Crippen LogP contribution in [0.15, 0.2) is 34.8 Å². The van der Waals surface area contributed by atoms with Crippen molar-refractivity contribution in [3.8, 4) is 0 Å². The molecule has 0 heterocycles. The van der Waals surface area contributed by atoms with Gasteiger partial charge in [0.2, 0.25) is 0 Å². The van der Waals surface area contributed by atoms with Crippen molar-refractivity contribution in [3.05, 3.63) is 67.6 Å². The highest BCUT2D eigenvalue weighted by molar-refractivity contribution is 9.10. The second kappa shape index (κ2) is 5.66. The number of hydrogen-bond acceptors (Lipinski definition) is 1. The van der Waals surface area contributed by atoms with Crippen LogP contribution in [0.5, 0.6) is 0 Å². The second-order valence-electron chi connectivity index (χ2n) is 4.96. The first-order chi connectivity index (χ1) is 8.90. The smallest absolute Gasteiger partial charge is 0.0571 e. The van der Waals surface area contributed by atoms with Crippen LogP contribution < -0.4 is 5.73 Å². The Balaban J connectivity index is 2.53. The van der Waals surface area contributed by atoms with Crippen LogP contribution in [-0.2, 0) is 0 Å². The molecule has 2 aromatic rings. The summed E-state index contributed by atoms with van der Waals surface area (Å²) < 4.78 is 0.964. The third kappa shape index (κ3) is 3.02. The molecule has 2 aromatic carbocycles. The van der Waals surface area contributed by atoms with Crippen molar-refractivity contribution in [3.63, 3.8) is 0 Å². The van der Waals surface area contributed by atoms with Gasteiger partial charge in [-0.05, 0) is 55.2 Å². The lowest BCUT2D eigenvalue weighted by Crippen LogP contribution is -2.15. The van der Waals surface area contributed by atoms with Crippen molar-refractivity contribution in [1.29, 1.82) is 0 Å². The maximum absolute atomic E-state index is 6.42. The van der Waals surface area contributed by atoms with Gasteiger partial charge in [0.25, 0.3) is 0 Å². The van der Waals surface area contributed by atoms with E-state index in [2.05, 4.69) is 48.8 Å². The van der Waals surface area contributed by atoms with Crippen molar-refractivity contribution in [1.82, 2.24) is 0 Å². The Morgan fingerprint density at radius 2 is 1.63 bits per heavy atom. The predicted octanol–water partition coefficient (Wildman–Crippen LogP) is 5.08. The Bertz CT molecular complexity index is 599. The highest BCUT2D eigenvalue weighted by Crippen LogP contribution is 2.32. The normalized spacial score (nSPS) is 12.5. The summed E-state index contributed by atoms with van der Waals surface area (Å²) in [7, 11) is 0. The van der Waals surface area contributed by atoms with Crippen LogP contribution in [0.25, 0.3) is 0 Å². The summed E-state index contributed by atoms with van der Waals surface area (Å²) in [6.07, 6.45) is 0. The van der Waals surface area contributed by atoms with Crippen LogP contribution in [0.1, 0.15) is 33.9 Å². The first-order valence-corrected chi connectivity index (χ1v) is 7.35. The highest BCUT2D eigenvalue weighted by atomic mass is 79.9. The van der Waals surface area contributed by atoms with E-state index in [0.717, 1.165) is 15.6 Å². The van der Waals surface area contributed by atoms with E-state index in [4.69, 9.17) is 17.3 Å². The molecule has 2 rings (SSSR count). The van der Waals surface area contributed by atoms with Crippen molar-refractivity contribution in [2.24, 2.45) is 5.73 Å². The molecule has 1 atom stereocenters. The fourth-order valence-electron chi connectivity index (χ4n) is 2.59. The quantitative estimate of drug-likeness (QED) is 0.812. The van der Waals surface area contributed by atoms with E-state index >= 15 is 0 Å². The van der Waals surface area contributed by atoms with Crippen LogP contribution in [0.2, 0.25) is 5.02 Å². The minimum absolute atomic E-state index is 0.193. The van der Waals surface area contributed by atoms with Gasteiger partial charge in [0.1, 0.15) is 0 Å². The molecule has 0 aromatic heterocycles. The zero-order chi connectivity index (χ0) is 14.2. The van der Waals surface area contributed by atoms with Gasteiger partial charge in [-0.2, -0.15) is 0 Å². The van der Waals surface area contributed by atoms with Crippen LogP contribution in [0.3, 0.4) is 0 Å². The van der Waals surface area contributed by atoms with Crippen LogP contribution in [-0.4, -0.2) is 0 Å². The molecule has 0 radical (unpaired) electrons. The number of hydrogen-bond donors (Lipinski definition) is 1. The zero-order valence-corrected chi connectivity index (χ0v) is 13.6. The summed E-state index contributed by atoms with van der Waals surface area (Å²) in [5, 5.41) is 0.696. The van der Waals surface area contributed by atoms with E-state index < -0.39 is 0 Å². The van der Waals surface area contributed by atoms with Crippen LogP contribution in [0, 0.1) is 20.8 Å². The van der Waals surface area contributed by atoms with Crippen molar-refractivity contribution >= 4 is 27.5 Å². The molecule has 0 saturated carbocycles. The van der Waals surface area contributed by atoms with Gasteiger partial charge in [-0.1, -0.05) is 51.3 Å². The van der Waals surface area contributed by atoms with Gasteiger partial charge in [-0.3, -0.25) is 0 Å². The van der Waals surface area contributed by atoms with Gasteiger partial charge >= 0.3 is 0 Å². The standard InChI is InChI=1S/C16H17BrClN/c1-9-6-10(2)15(11(3)7-9)16(19)13-5-4-12(17)8-14(13)18/h4-8,16H,19H2,1-3H3. The first-order valence-electron chi connectivity index (χ1n) is 6.18. The number of nitrogens with two attached hydrogens (primary N) is 1. The minimum Gasteiger partial charge on any atom is -0.320 e. The van der Waals surface area contributed by atoms with Crippen molar-refractivity contribution in [2.45, 2.75) is 26.8 Å². The molecular weight excluding hydrogens is 322 g/mol. The highest BCUT2D eigenvalue weighted by Gasteiger charge is 2.17. The lowest BCUT2D eigenvalue weighted by Gasteiger charge is -2.20. The molecular formula is C16H17BrClN. The molecule has 2 N–H and O–H groups in total. The van der Waals surface area contributed by atoms with Gasteiger partial charge in [-0.25, -0.2) is 0 Å². The molecule has 100 valence electrons. The lowest BCUT2D eigenvalue weighted by atomic mass is 9.90.